The van der Waals surface area contributed by atoms with Crippen molar-refractivity contribution in [1.82, 2.24) is 9.88 Å². The predicted molar refractivity (Wildman–Crippen MR) is 89.7 cm³/mol. The van der Waals surface area contributed by atoms with Gasteiger partial charge in [-0.15, -0.1) is 0 Å². The molecule has 24 heavy (non-hydrogen) atoms. The number of anilines is 1. The van der Waals surface area contributed by atoms with E-state index in [1.165, 1.54) is 24.3 Å². The van der Waals surface area contributed by atoms with Crippen LogP contribution in [0.1, 0.15) is 23.2 Å². The third kappa shape index (κ3) is 4.29. The summed E-state index contributed by atoms with van der Waals surface area (Å²) in [6.45, 7) is 2.05. The van der Waals surface area contributed by atoms with E-state index in [0.717, 1.165) is 25.9 Å². The first kappa shape index (κ1) is 16.4. The Labute approximate surface area is 140 Å². The molecule has 1 aliphatic rings. The molecule has 1 saturated heterocycles. The molecule has 126 valence electrons. The normalized spacial score (nSPS) is 15.9. The molecule has 1 N–H and O–H groups in total. The lowest BCUT2D eigenvalue weighted by molar-refractivity contribution is 0.102. The monoisotopic (exact) mass is 329 g/mol. The van der Waals surface area contributed by atoms with E-state index in [4.69, 9.17) is 4.74 Å². The molecule has 0 bridgehead atoms. The zero-order chi connectivity index (χ0) is 16.9. The van der Waals surface area contributed by atoms with E-state index in [1.807, 2.05) is 0 Å². The van der Waals surface area contributed by atoms with E-state index < -0.39 is 0 Å². The second-order valence-electron chi connectivity index (χ2n) is 5.97. The minimum atomic E-state index is -0.372. The molecule has 0 radical (unpaired) electrons. The average molecular weight is 329 g/mol. The molecule has 1 fully saturated rings. The second kappa shape index (κ2) is 7.40. The molecular weight excluding hydrogens is 309 g/mol. The van der Waals surface area contributed by atoms with Gasteiger partial charge in [-0.2, -0.15) is 0 Å². The van der Waals surface area contributed by atoms with Crippen LogP contribution in [0.5, 0.6) is 5.88 Å². The largest absolute Gasteiger partial charge is 0.474 e. The van der Waals surface area contributed by atoms with E-state index in [9.17, 15) is 9.18 Å². The number of hydrogen-bond donors (Lipinski definition) is 1. The van der Waals surface area contributed by atoms with Crippen molar-refractivity contribution in [2.75, 3.05) is 25.5 Å². The van der Waals surface area contributed by atoms with Gasteiger partial charge in [0.15, 0.2) is 0 Å². The summed E-state index contributed by atoms with van der Waals surface area (Å²) >= 11 is 0. The fraction of sp³-hybridized carbons (Fsp3) is 0.333. The topological polar surface area (TPSA) is 54.5 Å². The smallest absolute Gasteiger partial charge is 0.255 e. The van der Waals surface area contributed by atoms with Crippen LogP contribution in [0.3, 0.4) is 0 Å². The zero-order valence-corrected chi connectivity index (χ0v) is 13.5. The molecule has 1 amide bonds. The summed E-state index contributed by atoms with van der Waals surface area (Å²) in [5.74, 6) is -0.117. The van der Waals surface area contributed by atoms with E-state index >= 15 is 0 Å². The molecule has 0 atom stereocenters. The van der Waals surface area contributed by atoms with E-state index in [2.05, 4.69) is 22.2 Å². The number of hydrogen-bond acceptors (Lipinski definition) is 4. The molecule has 2 heterocycles. The van der Waals surface area contributed by atoms with Gasteiger partial charge in [-0.25, -0.2) is 9.37 Å². The Balaban J connectivity index is 1.56. The van der Waals surface area contributed by atoms with Gasteiger partial charge in [0.2, 0.25) is 5.88 Å². The summed E-state index contributed by atoms with van der Waals surface area (Å²) in [4.78, 5) is 18.6. The van der Waals surface area contributed by atoms with Gasteiger partial charge in [0.25, 0.3) is 5.91 Å². The molecule has 0 spiro atoms. The number of carbonyl (C=O) groups is 1. The van der Waals surface area contributed by atoms with Gasteiger partial charge in [0.05, 0.1) is 11.9 Å². The van der Waals surface area contributed by atoms with Crippen molar-refractivity contribution in [2.24, 2.45) is 0 Å². The number of nitrogens with one attached hydrogen (secondary N) is 1. The summed E-state index contributed by atoms with van der Waals surface area (Å²) < 4.78 is 18.7. The number of nitrogens with zero attached hydrogens (tertiary/aromatic N) is 2. The summed E-state index contributed by atoms with van der Waals surface area (Å²) in [7, 11) is 2.10. The first-order valence-corrected chi connectivity index (χ1v) is 7.98. The lowest BCUT2D eigenvalue weighted by Gasteiger charge is -2.28. The summed E-state index contributed by atoms with van der Waals surface area (Å²) in [5, 5.41) is 2.73. The van der Waals surface area contributed by atoms with Crippen LogP contribution in [-0.2, 0) is 0 Å². The minimum absolute atomic E-state index is 0.188. The average Bonchev–Trinajstić information content (AvgIpc) is 2.59. The van der Waals surface area contributed by atoms with E-state index in [-0.39, 0.29) is 17.8 Å². The molecule has 1 aliphatic heterocycles. The molecule has 6 heteroatoms. The number of carbonyl (C=O) groups excluding carboxylic acids is 1. The molecule has 3 rings (SSSR count). The van der Waals surface area contributed by atoms with Crippen LogP contribution in [-0.4, -0.2) is 42.0 Å². The highest BCUT2D eigenvalue weighted by Gasteiger charge is 2.18. The Hall–Kier alpha value is -2.47. The van der Waals surface area contributed by atoms with E-state index in [1.54, 1.807) is 18.3 Å². The molecule has 0 saturated carbocycles. The lowest BCUT2D eigenvalue weighted by Crippen LogP contribution is -2.35. The number of rotatable bonds is 4. The van der Waals surface area contributed by atoms with Crippen LogP contribution >= 0.6 is 0 Å². The zero-order valence-electron chi connectivity index (χ0n) is 13.5. The first-order valence-electron chi connectivity index (χ1n) is 7.98. The minimum Gasteiger partial charge on any atom is -0.474 e. The fourth-order valence-corrected chi connectivity index (χ4v) is 2.60. The molecule has 5 nitrogen and oxygen atoms in total. The van der Waals surface area contributed by atoms with Crippen LogP contribution < -0.4 is 10.1 Å². The van der Waals surface area contributed by atoms with Gasteiger partial charge in [-0.05, 0) is 50.2 Å². The standard InChI is InChI=1S/C18H20FN3O2/c1-22-10-8-16(9-11-22)24-17-7-6-15(12-20-17)21-18(23)13-2-4-14(19)5-3-13/h2-7,12,16H,8-11H2,1H3,(H,21,23). The Morgan fingerprint density at radius 2 is 1.92 bits per heavy atom. The van der Waals surface area contributed by atoms with Gasteiger partial charge >= 0.3 is 0 Å². The lowest BCUT2D eigenvalue weighted by atomic mass is 10.1. The van der Waals surface area contributed by atoms with Crippen molar-refractivity contribution < 1.29 is 13.9 Å². The van der Waals surface area contributed by atoms with Gasteiger partial charge in [0, 0.05) is 24.7 Å². The SMILES string of the molecule is CN1CCC(Oc2ccc(NC(=O)c3ccc(F)cc3)cn2)CC1. The van der Waals surface area contributed by atoms with Crippen LogP contribution in [0.4, 0.5) is 10.1 Å². The maximum absolute atomic E-state index is 12.9. The van der Waals surface area contributed by atoms with E-state index in [0.29, 0.717) is 17.1 Å². The molecular formula is C18H20FN3O2. The second-order valence-corrected chi connectivity index (χ2v) is 5.97. The number of likely N-dealkylation sites (tertiary alicyclic amines) is 1. The number of piperidine rings is 1. The Morgan fingerprint density at radius 3 is 2.54 bits per heavy atom. The summed E-state index contributed by atoms with van der Waals surface area (Å²) in [6.07, 6.45) is 3.72. The van der Waals surface area contributed by atoms with Gasteiger partial charge in [-0.3, -0.25) is 4.79 Å². The highest BCUT2D eigenvalue weighted by molar-refractivity contribution is 6.04. The number of amides is 1. The maximum atomic E-state index is 12.9. The van der Waals surface area contributed by atoms with Crippen molar-refractivity contribution >= 4 is 11.6 Å². The molecule has 0 aliphatic carbocycles. The molecule has 0 unspecified atom stereocenters. The number of ether oxygens (including phenoxy) is 1. The number of pyridine rings is 1. The molecule has 1 aromatic heterocycles. The number of halogens is 1. The highest BCUT2D eigenvalue weighted by Crippen LogP contribution is 2.18. The van der Waals surface area contributed by atoms with Crippen LogP contribution in [0, 0.1) is 5.82 Å². The van der Waals surface area contributed by atoms with Gasteiger partial charge in [0.1, 0.15) is 11.9 Å². The van der Waals surface area contributed by atoms with Crippen molar-refractivity contribution in [2.45, 2.75) is 18.9 Å². The third-order valence-electron chi connectivity index (χ3n) is 4.05. The first-order chi connectivity index (χ1) is 11.6. The highest BCUT2D eigenvalue weighted by atomic mass is 19.1. The quantitative estimate of drug-likeness (QED) is 0.937. The molecule has 1 aromatic carbocycles. The number of benzene rings is 1. The fourth-order valence-electron chi connectivity index (χ4n) is 2.60. The summed E-state index contributed by atoms with van der Waals surface area (Å²) in [6, 6.07) is 8.89. The van der Waals surface area contributed by atoms with Crippen LogP contribution in [0.25, 0.3) is 0 Å². The van der Waals surface area contributed by atoms with Crippen LogP contribution in [0.2, 0.25) is 0 Å². The van der Waals surface area contributed by atoms with Crippen molar-refractivity contribution in [1.29, 1.82) is 0 Å². The van der Waals surface area contributed by atoms with Crippen molar-refractivity contribution in [3.05, 3.63) is 54.0 Å². The number of aromatic nitrogens is 1. The Kier molecular flexibility index (Phi) is 5.05. The molecule has 2 aromatic rings. The van der Waals surface area contributed by atoms with Crippen molar-refractivity contribution in [3.8, 4) is 5.88 Å². The van der Waals surface area contributed by atoms with Gasteiger partial charge < -0.3 is 15.0 Å². The Bertz CT molecular complexity index is 680. The predicted octanol–water partition coefficient (Wildman–Crippen LogP) is 2.95. The van der Waals surface area contributed by atoms with Crippen molar-refractivity contribution in [3.63, 3.8) is 0 Å². The Morgan fingerprint density at radius 1 is 1.21 bits per heavy atom. The summed E-state index contributed by atoms with van der Waals surface area (Å²) in [5.41, 5.74) is 0.961. The van der Waals surface area contributed by atoms with Crippen LogP contribution in [0.15, 0.2) is 42.6 Å². The third-order valence-corrected chi connectivity index (χ3v) is 4.05. The van der Waals surface area contributed by atoms with Gasteiger partial charge in [-0.1, -0.05) is 0 Å². The maximum Gasteiger partial charge on any atom is 0.255 e.